The second-order valence-electron chi connectivity index (χ2n) is 7.31. The van der Waals surface area contributed by atoms with E-state index in [1.54, 1.807) is 18.9 Å². The van der Waals surface area contributed by atoms with Crippen LogP contribution >= 0.6 is 11.8 Å². The normalized spacial score (nSPS) is 11.5. The Morgan fingerprint density at radius 1 is 0.906 bits per heavy atom. The first-order valence-electron chi connectivity index (χ1n) is 10.1. The summed E-state index contributed by atoms with van der Waals surface area (Å²) in [6.07, 6.45) is 4.05. The van der Waals surface area contributed by atoms with Gasteiger partial charge in [0, 0.05) is 29.1 Å². The van der Waals surface area contributed by atoms with Gasteiger partial charge in [0.15, 0.2) is 10.8 Å². The molecule has 0 N–H and O–H groups in total. The molecule has 0 aliphatic carbocycles. The lowest BCUT2D eigenvalue weighted by molar-refractivity contribution is 0.415. The molecule has 6 rings (SSSR count). The van der Waals surface area contributed by atoms with Crippen molar-refractivity contribution in [2.45, 2.75) is 10.9 Å². The molecule has 0 bridgehead atoms. The minimum Gasteiger partial charge on any atom is -0.497 e. The van der Waals surface area contributed by atoms with Gasteiger partial charge in [-0.3, -0.25) is 4.40 Å². The van der Waals surface area contributed by atoms with Gasteiger partial charge in [0.25, 0.3) is 0 Å². The summed E-state index contributed by atoms with van der Waals surface area (Å²) in [5, 5.41) is 10.8. The number of ether oxygens (including phenoxy) is 1. The summed E-state index contributed by atoms with van der Waals surface area (Å²) in [5.74, 6) is 2.28. The molecule has 0 aliphatic heterocycles. The number of hydrogen-bond donors (Lipinski definition) is 0. The van der Waals surface area contributed by atoms with Gasteiger partial charge >= 0.3 is 0 Å². The third-order valence-corrected chi connectivity index (χ3v) is 6.29. The van der Waals surface area contributed by atoms with Crippen molar-refractivity contribution < 1.29 is 4.74 Å². The van der Waals surface area contributed by atoms with E-state index in [1.807, 2.05) is 87.9 Å². The van der Waals surface area contributed by atoms with Crippen LogP contribution in [-0.4, -0.2) is 36.1 Å². The van der Waals surface area contributed by atoms with Crippen molar-refractivity contribution in [2.24, 2.45) is 0 Å². The number of thioether (sulfide) groups is 1. The number of pyridine rings is 1. The molecule has 7 nitrogen and oxygen atoms in total. The van der Waals surface area contributed by atoms with Crippen LogP contribution in [0.3, 0.4) is 0 Å². The van der Waals surface area contributed by atoms with Gasteiger partial charge in [0.1, 0.15) is 17.2 Å². The number of nitrogens with zero attached hydrogens (tertiary/aromatic N) is 6. The van der Waals surface area contributed by atoms with E-state index in [0.717, 1.165) is 50.2 Å². The van der Waals surface area contributed by atoms with Crippen LogP contribution < -0.4 is 4.74 Å². The topological polar surface area (TPSA) is 69.6 Å². The molecule has 0 amide bonds. The molecule has 0 fully saturated rings. The van der Waals surface area contributed by atoms with Crippen LogP contribution in [0.2, 0.25) is 0 Å². The molecule has 8 heteroatoms. The summed E-state index contributed by atoms with van der Waals surface area (Å²) >= 11 is 1.60. The highest BCUT2D eigenvalue weighted by molar-refractivity contribution is 7.98. The largest absolute Gasteiger partial charge is 0.497 e. The van der Waals surface area contributed by atoms with Gasteiger partial charge in [0.2, 0.25) is 0 Å². The van der Waals surface area contributed by atoms with E-state index >= 15 is 0 Å². The lowest BCUT2D eigenvalue weighted by Crippen LogP contribution is -1.99. The molecule has 156 valence electrons. The molecule has 0 unspecified atom stereocenters. The molecular formula is C24H18N6OS. The van der Waals surface area contributed by atoms with E-state index in [2.05, 4.69) is 10.2 Å². The smallest absolute Gasteiger partial charge is 0.197 e. The van der Waals surface area contributed by atoms with E-state index < -0.39 is 0 Å². The zero-order valence-corrected chi connectivity index (χ0v) is 18.0. The first-order valence-corrected chi connectivity index (χ1v) is 11.1. The maximum Gasteiger partial charge on any atom is 0.197 e. The second kappa shape index (κ2) is 7.65. The predicted molar refractivity (Wildman–Crippen MR) is 125 cm³/mol. The first-order chi connectivity index (χ1) is 15.8. The molecule has 4 heterocycles. The summed E-state index contributed by atoms with van der Waals surface area (Å²) in [7, 11) is 1.66. The van der Waals surface area contributed by atoms with Crippen molar-refractivity contribution in [3.8, 4) is 17.1 Å². The maximum absolute atomic E-state index is 5.32. The van der Waals surface area contributed by atoms with Crippen LogP contribution in [-0.2, 0) is 5.75 Å². The van der Waals surface area contributed by atoms with Crippen LogP contribution in [0, 0.1) is 0 Å². The van der Waals surface area contributed by atoms with Crippen molar-refractivity contribution in [2.75, 3.05) is 7.11 Å². The summed E-state index contributed by atoms with van der Waals surface area (Å²) < 4.78 is 9.37. The fraction of sp³-hybridized carbons (Fsp3) is 0.0833. The van der Waals surface area contributed by atoms with Gasteiger partial charge in [-0.2, -0.15) is 0 Å². The predicted octanol–water partition coefficient (Wildman–Crippen LogP) is 4.89. The van der Waals surface area contributed by atoms with Crippen LogP contribution in [0.1, 0.15) is 5.69 Å². The van der Waals surface area contributed by atoms with Crippen LogP contribution in [0.25, 0.3) is 33.6 Å². The standard InChI is InChI=1S/C24H18N6OS/c1-31-18-11-9-16(10-12-18)22-26-20-7-3-2-6-19(20)23-27-28-24(30(22)23)32-15-17-14-29-13-5-4-8-21(29)25-17/h2-14H,15H2,1H3. The second-order valence-corrected chi connectivity index (χ2v) is 8.25. The van der Waals surface area contributed by atoms with Crippen molar-refractivity contribution in [1.82, 2.24) is 29.0 Å². The minimum absolute atomic E-state index is 0.678. The molecular weight excluding hydrogens is 420 g/mol. The molecule has 4 aromatic heterocycles. The zero-order chi connectivity index (χ0) is 21.5. The van der Waals surface area contributed by atoms with Crippen LogP contribution in [0.4, 0.5) is 0 Å². The van der Waals surface area contributed by atoms with Crippen LogP contribution in [0.15, 0.2) is 84.3 Å². The summed E-state index contributed by atoms with van der Waals surface area (Å²) in [4.78, 5) is 9.66. The number of hydrogen-bond acceptors (Lipinski definition) is 6. The number of aromatic nitrogens is 6. The Hall–Kier alpha value is -3.91. The number of rotatable bonds is 5. The Kier molecular flexibility index (Phi) is 4.50. The van der Waals surface area contributed by atoms with E-state index in [1.165, 1.54) is 0 Å². The van der Waals surface area contributed by atoms with Crippen molar-refractivity contribution in [3.05, 3.63) is 84.8 Å². The summed E-state index contributed by atoms with van der Waals surface area (Å²) in [6.45, 7) is 0. The molecule has 0 saturated heterocycles. The van der Waals surface area contributed by atoms with Gasteiger partial charge < -0.3 is 9.14 Å². The molecule has 0 atom stereocenters. The Labute approximate surface area is 187 Å². The summed E-state index contributed by atoms with van der Waals surface area (Å²) in [5.41, 5.74) is 4.56. The van der Waals surface area contributed by atoms with Gasteiger partial charge in [-0.05, 0) is 48.5 Å². The quantitative estimate of drug-likeness (QED) is 0.357. The number of methoxy groups -OCH3 is 1. The number of fused-ring (bicyclic) bond motifs is 4. The Morgan fingerprint density at radius 3 is 2.59 bits per heavy atom. The number of imidazole rings is 1. The molecule has 32 heavy (non-hydrogen) atoms. The fourth-order valence-corrected chi connectivity index (χ4v) is 4.60. The average Bonchev–Trinajstić information content (AvgIpc) is 3.46. The highest BCUT2D eigenvalue weighted by Crippen LogP contribution is 2.31. The minimum atomic E-state index is 0.678. The van der Waals surface area contributed by atoms with Gasteiger partial charge in [-0.1, -0.05) is 30.0 Å². The lowest BCUT2D eigenvalue weighted by atomic mass is 10.1. The zero-order valence-electron chi connectivity index (χ0n) is 17.2. The highest BCUT2D eigenvalue weighted by Gasteiger charge is 2.17. The third-order valence-electron chi connectivity index (χ3n) is 5.33. The van der Waals surface area contributed by atoms with Gasteiger partial charge in [-0.25, -0.2) is 9.97 Å². The van der Waals surface area contributed by atoms with Gasteiger partial charge in [-0.15, -0.1) is 10.2 Å². The molecule has 2 aromatic carbocycles. The number of para-hydroxylation sites is 1. The van der Waals surface area contributed by atoms with E-state index in [0.29, 0.717) is 5.75 Å². The van der Waals surface area contributed by atoms with E-state index in [9.17, 15) is 0 Å². The highest BCUT2D eigenvalue weighted by atomic mass is 32.2. The van der Waals surface area contributed by atoms with Gasteiger partial charge in [0.05, 0.1) is 18.3 Å². The Bertz CT molecular complexity index is 1540. The first kappa shape index (κ1) is 18.8. The monoisotopic (exact) mass is 438 g/mol. The molecule has 0 spiro atoms. The van der Waals surface area contributed by atoms with E-state index in [-0.39, 0.29) is 0 Å². The maximum atomic E-state index is 5.32. The summed E-state index contributed by atoms with van der Waals surface area (Å²) in [6, 6.07) is 21.9. The van der Waals surface area contributed by atoms with Crippen LogP contribution in [0.5, 0.6) is 5.75 Å². The Morgan fingerprint density at radius 2 is 1.75 bits per heavy atom. The van der Waals surface area contributed by atoms with Crippen molar-refractivity contribution >= 4 is 34.0 Å². The number of benzene rings is 2. The Balaban J connectivity index is 1.46. The third kappa shape index (κ3) is 3.16. The molecule has 6 aromatic rings. The fourth-order valence-electron chi connectivity index (χ4n) is 3.78. The van der Waals surface area contributed by atoms with Crippen molar-refractivity contribution in [3.63, 3.8) is 0 Å². The SMILES string of the molecule is COc1ccc(-c2nc3ccccc3c3nnc(SCc4cn5ccccc5n4)n23)cc1. The molecule has 0 saturated carbocycles. The van der Waals surface area contributed by atoms with E-state index in [4.69, 9.17) is 14.7 Å². The average molecular weight is 439 g/mol. The molecule has 0 radical (unpaired) electrons. The van der Waals surface area contributed by atoms with Crippen molar-refractivity contribution in [1.29, 1.82) is 0 Å². The molecule has 0 aliphatic rings. The lowest BCUT2D eigenvalue weighted by Gasteiger charge is -2.10.